The van der Waals surface area contributed by atoms with Crippen molar-refractivity contribution in [2.75, 3.05) is 6.61 Å². The van der Waals surface area contributed by atoms with Gasteiger partial charge in [0.25, 0.3) is 5.91 Å². The van der Waals surface area contributed by atoms with Gasteiger partial charge in [-0.05, 0) is 36.6 Å². The van der Waals surface area contributed by atoms with E-state index in [2.05, 4.69) is 5.32 Å². The Morgan fingerprint density at radius 3 is 2.59 bits per heavy atom. The van der Waals surface area contributed by atoms with E-state index in [0.717, 1.165) is 11.6 Å². The van der Waals surface area contributed by atoms with Crippen LogP contribution < -0.4 is 5.32 Å². The molecule has 1 atom stereocenters. The average Bonchev–Trinajstić information content (AvgIpc) is 2.52. The minimum Gasteiger partial charge on any atom is -0.396 e. The number of carbonyl (C=O) groups excluding carboxylic acids is 1. The van der Waals surface area contributed by atoms with Crippen molar-refractivity contribution >= 4 is 17.5 Å². The van der Waals surface area contributed by atoms with Gasteiger partial charge in [-0.3, -0.25) is 4.79 Å². The number of hydrogen-bond donors (Lipinski definition) is 2. The van der Waals surface area contributed by atoms with Gasteiger partial charge in [0, 0.05) is 6.61 Å². The highest BCUT2D eigenvalue weighted by Crippen LogP contribution is 2.21. The third-order valence-corrected chi connectivity index (χ3v) is 3.65. The van der Waals surface area contributed by atoms with Gasteiger partial charge in [-0.1, -0.05) is 41.9 Å². The number of halogens is 2. The van der Waals surface area contributed by atoms with E-state index in [9.17, 15) is 9.18 Å². The first-order valence-corrected chi connectivity index (χ1v) is 7.41. The highest BCUT2D eigenvalue weighted by atomic mass is 35.5. The van der Waals surface area contributed by atoms with E-state index in [-0.39, 0.29) is 29.1 Å². The van der Waals surface area contributed by atoms with Crippen molar-refractivity contribution in [2.45, 2.75) is 18.9 Å². The SMILES string of the molecule is O=C(NC(CCCO)c1ccccc1)c1ccc(F)cc1Cl. The molecule has 5 heteroatoms. The molecule has 1 amide bonds. The molecule has 2 aromatic carbocycles. The molecule has 0 aliphatic carbocycles. The van der Waals surface area contributed by atoms with E-state index in [1.807, 2.05) is 30.3 Å². The van der Waals surface area contributed by atoms with Crippen LogP contribution in [0.5, 0.6) is 0 Å². The van der Waals surface area contributed by atoms with Gasteiger partial charge in [0.05, 0.1) is 16.6 Å². The summed E-state index contributed by atoms with van der Waals surface area (Å²) in [7, 11) is 0. The standard InChI is InChI=1S/C17H17ClFNO2/c18-15-11-13(19)8-9-14(15)17(22)20-16(7-4-10-21)12-5-2-1-3-6-12/h1-3,5-6,8-9,11,16,21H,4,7,10H2,(H,20,22). The molecular weight excluding hydrogens is 305 g/mol. The maximum atomic E-state index is 13.1. The lowest BCUT2D eigenvalue weighted by Gasteiger charge is -2.19. The Morgan fingerprint density at radius 2 is 1.95 bits per heavy atom. The lowest BCUT2D eigenvalue weighted by Crippen LogP contribution is -2.29. The number of nitrogens with one attached hydrogen (secondary N) is 1. The van der Waals surface area contributed by atoms with Gasteiger partial charge in [-0.2, -0.15) is 0 Å². The third kappa shape index (κ3) is 4.29. The van der Waals surface area contributed by atoms with Crippen LogP contribution in [0.1, 0.15) is 34.8 Å². The summed E-state index contributed by atoms with van der Waals surface area (Å²) in [5.74, 6) is -0.849. The van der Waals surface area contributed by atoms with Crippen molar-refractivity contribution in [2.24, 2.45) is 0 Å². The Morgan fingerprint density at radius 1 is 1.23 bits per heavy atom. The first-order valence-electron chi connectivity index (χ1n) is 7.03. The fourth-order valence-electron chi connectivity index (χ4n) is 2.21. The molecule has 3 nitrogen and oxygen atoms in total. The van der Waals surface area contributed by atoms with Crippen LogP contribution in [0.3, 0.4) is 0 Å². The molecule has 0 aliphatic rings. The quantitative estimate of drug-likeness (QED) is 0.852. The molecule has 2 aromatic rings. The Balaban J connectivity index is 2.17. The van der Waals surface area contributed by atoms with Gasteiger partial charge in [0.2, 0.25) is 0 Å². The summed E-state index contributed by atoms with van der Waals surface area (Å²) in [6.07, 6.45) is 1.17. The van der Waals surface area contributed by atoms with Gasteiger partial charge in [-0.15, -0.1) is 0 Å². The second-order valence-electron chi connectivity index (χ2n) is 4.93. The number of amides is 1. The summed E-state index contributed by atoms with van der Waals surface area (Å²) < 4.78 is 13.1. The fourth-order valence-corrected chi connectivity index (χ4v) is 2.47. The van der Waals surface area contributed by atoms with Gasteiger partial charge >= 0.3 is 0 Å². The van der Waals surface area contributed by atoms with Crippen LogP contribution in [0.25, 0.3) is 0 Å². The Hall–Kier alpha value is -1.91. The maximum absolute atomic E-state index is 13.1. The lowest BCUT2D eigenvalue weighted by molar-refractivity contribution is 0.0932. The second-order valence-corrected chi connectivity index (χ2v) is 5.33. The smallest absolute Gasteiger partial charge is 0.253 e. The van der Waals surface area contributed by atoms with Crippen molar-refractivity contribution in [3.05, 3.63) is 70.5 Å². The summed E-state index contributed by atoms with van der Waals surface area (Å²) in [6, 6.07) is 12.9. The second kappa shape index (κ2) is 7.92. The summed E-state index contributed by atoms with van der Waals surface area (Å²) in [5, 5.41) is 12.0. The molecule has 2 N–H and O–H groups in total. The van der Waals surface area contributed by atoms with Crippen molar-refractivity contribution < 1.29 is 14.3 Å². The van der Waals surface area contributed by atoms with Crippen LogP contribution in [0.2, 0.25) is 5.02 Å². The summed E-state index contributed by atoms with van der Waals surface area (Å²) in [5.41, 5.74) is 1.18. The number of aliphatic hydroxyl groups is 1. The first kappa shape index (κ1) is 16.5. The third-order valence-electron chi connectivity index (χ3n) is 3.33. The molecule has 0 bridgehead atoms. The van der Waals surface area contributed by atoms with Gasteiger partial charge in [-0.25, -0.2) is 4.39 Å². The van der Waals surface area contributed by atoms with E-state index in [1.54, 1.807) is 0 Å². The molecule has 2 rings (SSSR count). The Kier molecular flexibility index (Phi) is 5.92. The molecule has 116 valence electrons. The van der Waals surface area contributed by atoms with E-state index < -0.39 is 5.82 Å². The first-order chi connectivity index (χ1) is 10.6. The highest BCUT2D eigenvalue weighted by Gasteiger charge is 2.17. The zero-order valence-electron chi connectivity index (χ0n) is 11.9. The van der Waals surface area contributed by atoms with Gasteiger partial charge < -0.3 is 10.4 Å². The fraction of sp³-hybridized carbons (Fsp3) is 0.235. The zero-order valence-corrected chi connectivity index (χ0v) is 12.7. The monoisotopic (exact) mass is 321 g/mol. The topological polar surface area (TPSA) is 49.3 Å². The highest BCUT2D eigenvalue weighted by molar-refractivity contribution is 6.33. The molecule has 0 aliphatic heterocycles. The molecule has 0 saturated heterocycles. The van der Waals surface area contributed by atoms with Crippen LogP contribution in [0.4, 0.5) is 4.39 Å². The van der Waals surface area contributed by atoms with E-state index in [1.165, 1.54) is 12.1 Å². The number of benzene rings is 2. The van der Waals surface area contributed by atoms with E-state index >= 15 is 0 Å². The Labute approximate surface area is 133 Å². The van der Waals surface area contributed by atoms with Crippen molar-refractivity contribution in [1.29, 1.82) is 0 Å². The molecule has 0 radical (unpaired) electrons. The predicted octanol–water partition coefficient (Wildman–Crippen LogP) is 3.72. The van der Waals surface area contributed by atoms with Crippen LogP contribution in [-0.4, -0.2) is 17.6 Å². The average molecular weight is 322 g/mol. The molecular formula is C17H17ClFNO2. The summed E-state index contributed by atoms with van der Waals surface area (Å²) >= 11 is 5.92. The van der Waals surface area contributed by atoms with Crippen molar-refractivity contribution in [3.8, 4) is 0 Å². The van der Waals surface area contributed by atoms with Crippen molar-refractivity contribution in [1.82, 2.24) is 5.32 Å². The summed E-state index contributed by atoms with van der Waals surface area (Å²) in [4.78, 5) is 12.3. The number of rotatable bonds is 6. The molecule has 0 aromatic heterocycles. The number of aliphatic hydroxyl groups excluding tert-OH is 1. The van der Waals surface area contributed by atoms with E-state index in [4.69, 9.17) is 16.7 Å². The normalized spacial score (nSPS) is 12.0. The minimum atomic E-state index is -0.485. The van der Waals surface area contributed by atoms with Crippen LogP contribution in [-0.2, 0) is 0 Å². The van der Waals surface area contributed by atoms with Crippen LogP contribution >= 0.6 is 11.6 Å². The summed E-state index contributed by atoms with van der Waals surface area (Å²) in [6.45, 7) is 0.0521. The molecule has 1 unspecified atom stereocenters. The lowest BCUT2D eigenvalue weighted by atomic mass is 10.0. The van der Waals surface area contributed by atoms with Crippen LogP contribution in [0.15, 0.2) is 48.5 Å². The van der Waals surface area contributed by atoms with Gasteiger partial charge in [0.15, 0.2) is 0 Å². The predicted molar refractivity (Wildman–Crippen MR) is 84.4 cm³/mol. The maximum Gasteiger partial charge on any atom is 0.253 e. The van der Waals surface area contributed by atoms with Gasteiger partial charge in [0.1, 0.15) is 5.82 Å². The van der Waals surface area contributed by atoms with Crippen LogP contribution in [0, 0.1) is 5.82 Å². The number of hydrogen-bond acceptors (Lipinski definition) is 2. The molecule has 0 spiro atoms. The Bertz CT molecular complexity index is 634. The largest absolute Gasteiger partial charge is 0.396 e. The molecule has 0 heterocycles. The number of carbonyl (C=O) groups is 1. The van der Waals surface area contributed by atoms with Crippen molar-refractivity contribution in [3.63, 3.8) is 0 Å². The minimum absolute atomic E-state index is 0.0521. The molecule has 0 saturated carbocycles. The van der Waals surface area contributed by atoms with E-state index in [0.29, 0.717) is 12.8 Å². The molecule has 22 heavy (non-hydrogen) atoms. The zero-order chi connectivity index (χ0) is 15.9. The molecule has 0 fully saturated rings.